The predicted octanol–water partition coefficient (Wildman–Crippen LogP) is 3.84. The zero-order valence-electron chi connectivity index (χ0n) is 13.0. The van der Waals surface area contributed by atoms with Gasteiger partial charge in [0, 0.05) is 32.7 Å². The van der Waals surface area contributed by atoms with Gasteiger partial charge in [-0.05, 0) is 19.1 Å². The van der Waals surface area contributed by atoms with E-state index in [4.69, 9.17) is 4.74 Å². The summed E-state index contributed by atoms with van der Waals surface area (Å²) in [6.07, 6.45) is 0.957. The van der Waals surface area contributed by atoms with Crippen molar-refractivity contribution >= 4 is 34.2 Å². The Morgan fingerprint density at radius 2 is 2.17 bits per heavy atom. The van der Waals surface area contributed by atoms with E-state index in [9.17, 15) is 13.6 Å². The molecule has 1 unspecified atom stereocenters. The van der Waals surface area contributed by atoms with Crippen LogP contribution in [-0.4, -0.2) is 34.3 Å². The molecule has 0 saturated heterocycles. The van der Waals surface area contributed by atoms with E-state index in [2.05, 4.69) is 6.08 Å². The monoisotopic (exact) mass is 509 g/mol. The summed E-state index contributed by atoms with van der Waals surface area (Å²) in [5.74, 6) is 0.432. The van der Waals surface area contributed by atoms with Gasteiger partial charge in [-0.1, -0.05) is 35.9 Å². The van der Waals surface area contributed by atoms with E-state index in [-0.39, 0.29) is 42.5 Å². The molecule has 1 aliphatic heterocycles. The van der Waals surface area contributed by atoms with Crippen LogP contribution in [0.3, 0.4) is 0 Å². The molecule has 3 nitrogen and oxygen atoms in total. The molecule has 1 aromatic carbocycles. The number of carbonyl (C=O) groups excluding carboxylic acids is 1. The van der Waals surface area contributed by atoms with Crippen molar-refractivity contribution in [2.24, 2.45) is 0 Å². The van der Waals surface area contributed by atoms with E-state index in [0.717, 1.165) is 21.8 Å². The zero-order chi connectivity index (χ0) is 16.3. The Morgan fingerprint density at radius 1 is 1.48 bits per heavy atom. The van der Waals surface area contributed by atoms with E-state index < -0.39 is 13.0 Å². The third kappa shape index (κ3) is 5.20. The van der Waals surface area contributed by atoms with Crippen LogP contribution in [0, 0.1) is 13.0 Å². The van der Waals surface area contributed by atoms with Gasteiger partial charge in [0.05, 0.1) is 17.1 Å². The maximum Gasteiger partial charge on any atom is 0.256 e. The van der Waals surface area contributed by atoms with Crippen molar-refractivity contribution in [1.82, 2.24) is 4.90 Å². The fourth-order valence-corrected chi connectivity index (χ4v) is 2.92. The molecule has 1 amide bonds. The third-order valence-corrected chi connectivity index (χ3v) is 4.31. The molecule has 0 spiro atoms. The molecular formula is C16H17F2INO2Y-. The number of nitrogens with zero attached hydrogens (tertiary/aromatic N) is 1. The molecule has 1 aliphatic rings. The van der Waals surface area contributed by atoms with Crippen molar-refractivity contribution in [3.05, 3.63) is 35.4 Å². The van der Waals surface area contributed by atoms with Crippen LogP contribution >= 0.6 is 22.6 Å². The van der Waals surface area contributed by atoms with E-state index in [1.807, 2.05) is 42.5 Å². The molecule has 0 fully saturated rings. The quantitative estimate of drug-likeness (QED) is 0.343. The van der Waals surface area contributed by atoms with Gasteiger partial charge in [0.25, 0.3) is 6.43 Å². The van der Waals surface area contributed by atoms with Gasteiger partial charge in [-0.3, -0.25) is 4.79 Å². The van der Waals surface area contributed by atoms with E-state index in [0.29, 0.717) is 18.7 Å². The molecule has 1 atom stereocenters. The normalized spacial score (nSPS) is 17.8. The van der Waals surface area contributed by atoms with Crippen molar-refractivity contribution in [2.45, 2.75) is 30.6 Å². The summed E-state index contributed by atoms with van der Waals surface area (Å²) in [6.45, 7) is 3.71. The van der Waals surface area contributed by atoms with Gasteiger partial charge < -0.3 is 9.64 Å². The molecule has 0 saturated carbocycles. The summed E-state index contributed by atoms with van der Waals surface area (Å²) in [4.78, 5) is 13.4. The minimum Gasteiger partial charge on any atom is -0.494 e. The van der Waals surface area contributed by atoms with Gasteiger partial charge >= 0.3 is 0 Å². The number of benzene rings is 1. The molecular weight excluding hydrogens is 492 g/mol. The van der Waals surface area contributed by atoms with E-state index in [1.54, 1.807) is 12.1 Å². The number of allylic oxidation sites excluding steroid dienone is 1. The average molecular weight is 509 g/mol. The number of hydrogen-bond donors (Lipinski definition) is 0. The molecule has 0 aliphatic carbocycles. The fourth-order valence-electron chi connectivity index (χ4n) is 2.37. The van der Waals surface area contributed by atoms with E-state index in [1.165, 1.54) is 0 Å². The van der Waals surface area contributed by atoms with E-state index >= 15 is 0 Å². The maximum absolute atomic E-state index is 12.8. The summed E-state index contributed by atoms with van der Waals surface area (Å²) in [5, 5.41) is 0. The van der Waals surface area contributed by atoms with Crippen LogP contribution in [0.4, 0.5) is 8.78 Å². The van der Waals surface area contributed by atoms with Gasteiger partial charge in [0.2, 0.25) is 5.91 Å². The van der Waals surface area contributed by atoms with Crippen LogP contribution in [0.5, 0.6) is 5.75 Å². The summed E-state index contributed by atoms with van der Waals surface area (Å²) >= 11 is 1.97. The Bertz CT molecular complexity index is 595. The third-order valence-electron chi connectivity index (χ3n) is 3.34. The SMILES string of the molecule is CCOc1ccc(C2=[C-]CC(I)C(=O)N2CC(F)F)c(C)c1.[Y]. The molecule has 1 aromatic rings. The number of alkyl halides is 3. The standard InChI is InChI=1S/C16H17F2INO2.Y/c1-3-22-11-4-5-12(10(2)8-11)14-7-6-13(19)16(21)20(14)9-15(17)18;/h4-5,8,13,15H,3,6,9H2,1-2H3;/q-1;. The number of amides is 1. The molecule has 0 aromatic heterocycles. The Morgan fingerprint density at radius 3 is 2.74 bits per heavy atom. The van der Waals surface area contributed by atoms with Crippen LogP contribution in [0.1, 0.15) is 24.5 Å². The second-order valence-corrected chi connectivity index (χ2v) is 6.45. The molecule has 7 heteroatoms. The van der Waals surface area contributed by atoms with Gasteiger partial charge in [-0.15, -0.1) is 22.9 Å². The van der Waals surface area contributed by atoms with Gasteiger partial charge in [-0.25, -0.2) is 14.9 Å². The molecule has 1 heterocycles. The summed E-state index contributed by atoms with van der Waals surface area (Å²) in [7, 11) is 0. The Balaban J connectivity index is 0.00000264. The van der Waals surface area contributed by atoms with Gasteiger partial charge in [-0.2, -0.15) is 0 Å². The van der Waals surface area contributed by atoms with Crippen LogP contribution in [-0.2, 0) is 37.5 Å². The first-order chi connectivity index (χ1) is 10.4. The summed E-state index contributed by atoms with van der Waals surface area (Å²) in [6, 6.07) is 5.41. The van der Waals surface area contributed by atoms with Crippen molar-refractivity contribution in [1.29, 1.82) is 0 Å². The van der Waals surface area contributed by atoms with Crippen molar-refractivity contribution in [3.8, 4) is 5.75 Å². The molecule has 123 valence electrons. The number of rotatable bonds is 5. The Hall–Kier alpha value is -0.0761. The minimum atomic E-state index is -2.58. The number of carbonyl (C=O) groups is 1. The van der Waals surface area contributed by atoms with Crippen molar-refractivity contribution in [2.75, 3.05) is 13.2 Å². The van der Waals surface area contributed by atoms with Gasteiger partial charge in [0.1, 0.15) is 5.75 Å². The number of hydrogen-bond acceptors (Lipinski definition) is 2. The predicted molar refractivity (Wildman–Crippen MR) is 89.1 cm³/mol. The largest absolute Gasteiger partial charge is 0.494 e. The second kappa shape index (κ2) is 9.42. The molecule has 23 heavy (non-hydrogen) atoms. The number of halogens is 3. The summed E-state index contributed by atoms with van der Waals surface area (Å²) < 4.78 is 30.7. The van der Waals surface area contributed by atoms with Gasteiger partial charge in [0.15, 0.2) is 0 Å². The first-order valence-electron chi connectivity index (χ1n) is 7.02. The van der Waals surface area contributed by atoms with Crippen LogP contribution in [0.2, 0.25) is 0 Å². The first-order valence-corrected chi connectivity index (χ1v) is 8.26. The second-order valence-electron chi connectivity index (χ2n) is 4.95. The topological polar surface area (TPSA) is 29.5 Å². The first kappa shape index (κ1) is 21.0. The molecule has 0 bridgehead atoms. The molecule has 1 radical (unpaired) electrons. The van der Waals surface area contributed by atoms with Crippen molar-refractivity contribution < 1.29 is 51.0 Å². The number of ether oxygens (including phenoxy) is 1. The molecule has 2 rings (SSSR count). The van der Waals surface area contributed by atoms with Crippen LogP contribution < -0.4 is 4.74 Å². The Kier molecular flexibility index (Phi) is 8.59. The fraction of sp³-hybridized carbons (Fsp3) is 0.438. The smallest absolute Gasteiger partial charge is 0.256 e. The Labute approximate surface area is 173 Å². The maximum atomic E-state index is 12.8. The van der Waals surface area contributed by atoms with Crippen molar-refractivity contribution in [3.63, 3.8) is 0 Å². The average Bonchev–Trinajstić information content (AvgIpc) is 2.45. The zero-order valence-corrected chi connectivity index (χ0v) is 18.0. The molecule has 0 N–H and O–H groups in total. The minimum absolute atomic E-state index is 0. The van der Waals surface area contributed by atoms with Crippen LogP contribution in [0.15, 0.2) is 18.2 Å². The summed E-state index contributed by atoms with van der Waals surface area (Å²) in [5.41, 5.74) is 2.05. The van der Waals surface area contributed by atoms with Crippen LogP contribution in [0.25, 0.3) is 5.70 Å². The number of aryl methyl sites for hydroxylation is 1.